The molecule has 1 atom stereocenters. The molecule has 0 fully saturated rings. The van der Waals surface area contributed by atoms with E-state index < -0.39 is 0 Å². The third-order valence-electron chi connectivity index (χ3n) is 3.14. The molecule has 0 saturated heterocycles. The third kappa shape index (κ3) is 3.40. The van der Waals surface area contributed by atoms with Crippen LogP contribution < -0.4 is 5.32 Å². The van der Waals surface area contributed by atoms with Crippen molar-refractivity contribution in [3.8, 4) is 0 Å². The Morgan fingerprint density at radius 3 is 2.56 bits per heavy atom. The fourth-order valence-electron chi connectivity index (χ4n) is 1.90. The van der Waals surface area contributed by atoms with Gasteiger partial charge >= 0.3 is 0 Å². The summed E-state index contributed by atoms with van der Waals surface area (Å²) in [6.07, 6.45) is 3.06. The summed E-state index contributed by atoms with van der Waals surface area (Å²) < 4.78 is 0. The predicted molar refractivity (Wildman–Crippen MR) is 77.9 cm³/mol. The van der Waals surface area contributed by atoms with Gasteiger partial charge in [0.1, 0.15) is 0 Å². The highest BCUT2D eigenvalue weighted by Crippen LogP contribution is 2.16. The van der Waals surface area contributed by atoms with Crippen LogP contribution in [0.2, 0.25) is 0 Å². The average Bonchev–Trinajstić information content (AvgIpc) is 2.82. The van der Waals surface area contributed by atoms with Crippen molar-refractivity contribution in [2.75, 3.05) is 0 Å². The molecule has 18 heavy (non-hydrogen) atoms. The first-order valence-electron chi connectivity index (χ1n) is 6.42. The fraction of sp³-hybridized carbons (Fsp3) is 0.400. The second kappa shape index (κ2) is 6.12. The van der Waals surface area contributed by atoms with E-state index in [0.717, 1.165) is 18.0 Å². The normalized spacial score (nSPS) is 12.6. The zero-order chi connectivity index (χ0) is 13.0. The summed E-state index contributed by atoms with van der Waals surface area (Å²) in [4.78, 5) is 5.56. The average molecular weight is 260 g/mol. The van der Waals surface area contributed by atoms with Crippen LogP contribution in [0.4, 0.5) is 0 Å². The van der Waals surface area contributed by atoms with Gasteiger partial charge in [0.25, 0.3) is 0 Å². The minimum Gasteiger partial charge on any atom is -0.305 e. The van der Waals surface area contributed by atoms with Crippen molar-refractivity contribution < 1.29 is 0 Å². The number of benzene rings is 1. The van der Waals surface area contributed by atoms with Crippen LogP contribution in [0.3, 0.4) is 0 Å². The number of aromatic nitrogens is 1. The van der Waals surface area contributed by atoms with Crippen LogP contribution in [0.25, 0.3) is 0 Å². The second-order valence-corrected chi connectivity index (χ2v) is 5.86. The van der Waals surface area contributed by atoms with Crippen molar-refractivity contribution in [3.05, 3.63) is 51.5 Å². The van der Waals surface area contributed by atoms with E-state index in [9.17, 15) is 0 Å². The summed E-state index contributed by atoms with van der Waals surface area (Å²) in [5.74, 6) is 0. The molecule has 96 valence electrons. The number of hydrogen-bond acceptors (Lipinski definition) is 3. The van der Waals surface area contributed by atoms with Crippen LogP contribution in [-0.2, 0) is 13.0 Å². The van der Waals surface area contributed by atoms with Gasteiger partial charge in [-0.25, -0.2) is 4.98 Å². The quantitative estimate of drug-likeness (QED) is 0.883. The largest absolute Gasteiger partial charge is 0.305 e. The van der Waals surface area contributed by atoms with Gasteiger partial charge in [0.15, 0.2) is 0 Å². The van der Waals surface area contributed by atoms with E-state index in [2.05, 4.69) is 48.4 Å². The van der Waals surface area contributed by atoms with Gasteiger partial charge in [0.05, 0.1) is 5.01 Å². The maximum absolute atomic E-state index is 4.27. The molecular weight excluding hydrogens is 240 g/mol. The van der Waals surface area contributed by atoms with Crippen molar-refractivity contribution >= 4 is 11.3 Å². The highest BCUT2D eigenvalue weighted by Gasteiger charge is 2.05. The number of nitrogens with one attached hydrogen (secondary N) is 1. The molecule has 0 aliphatic rings. The molecule has 2 nitrogen and oxygen atoms in total. The van der Waals surface area contributed by atoms with Crippen LogP contribution in [0, 0.1) is 6.92 Å². The Kier molecular flexibility index (Phi) is 4.50. The highest BCUT2D eigenvalue weighted by molar-refractivity contribution is 7.11. The predicted octanol–water partition coefficient (Wildman–Crippen LogP) is 3.86. The van der Waals surface area contributed by atoms with E-state index in [4.69, 9.17) is 0 Å². The summed E-state index contributed by atoms with van der Waals surface area (Å²) in [5.41, 5.74) is 2.73. The molecule has 2 rings (SSSR count). The minimum atomic E-state index is 0.373. The Hall–Kier alpha value is -1.19. The van der Waals surface area contributed by atoms with Gasteiger partial charge in [0.2, 0.25) is 0 Å². The summed E-state index contributed by atoms with van der Waals surface area (Å²) in [5, 5.41) is 4.67. The fourth-order valence-corrected chi connectivity index (χ4v) is 2.65. The van der Waals surface area contributed by atoms with E-state index in [-0.39, 0.29) is 0 Å². The molecule has 0 aliphatic heterocycles. The standard InChI is InChI=1S/C15H20N2S/c1-4-13-5-7-14(8-6-13)11(2)16-9-15-10-17-12(3)18-15/h5-8,10-11,16H,4,9H2,1-3H3. The zero-order valence-electron chi connectivity index (χ0n) is 11.2. The zero-order valence-corrected chi connectivity index (χ0v) is 12.1. The Balaban J connectivity index is 1.92. The van der Waals surface area contributed by atoms with Gasteiger partial charge in [-0.15, -0.1) is 11.3 Å². The molecule has 0 spiro atoms. The summed E-state index contributed by atoms with van der Waals surface area (Å²) >= 11 is 1.76. The molecule has 1 unspecified atom stereocenters. The van der Waals surface area contributed by atoms with Crippen molar-refractivity contribution in [2.24, 2.45) is 0 Å². The maximum Gasteiger partial charge on any atom is 0.0897 e. The molecule has 1 aromatic heterocycles. The molecule has 1 N–H and O–H groups in total. The van der Waals surface area contributed by atoms with Crippen LogP contribution in [-0.4, -0.2) is 4.98 Å². The van der Waals surface area contributed by atoms with E-state index in [0.29, 0.717) is 6.04 Å². The Morgan fingerprint density at radius 1 is 1.28 bits per heavy atom. The maximum atomic E-state index is 4.27. The summed E-state index contributed by atoms with van der Waals surface area (Å²) in [6, 6.07) is 9.23. The molecule has 1 aromatic carbocycles. The lowest BCUT2D eigenvalue weighted by Gasteiger charge is -2.13. The molecule has 0 radical (unpaired) electrons. The minimum absolute atomic E-state index is 0.373. The monoisotopic (exact) mass is 260 g/mol. The summed E-state index contributed by atoms with van der Waals surface area (Å²) in [7, 11) is 0. The number of hydrogen-bond donors (Lipinski definition) is 1. The smallest absolute Gasteiger partial charge is 0.0897 e. The van der Waals surface area contributed by atoms with E-state index in [1.165, 1.54) is 16.0 Å². The Bertz CT molecular complexity index is 487. The first-order valence-corrected chi connectivity index (χ1v) is 7.24. The molecule has 0 saturated carbocycles. The van der Waals surface area contributed by atoms with Crippen LogP contribution in [0.15, 0.2) is 30.5 Å². The van der Waals surface area contributed by atoms with E-state index >= 15 is 0 Å². The highest BCUT2D eigenvalue weighted by atomic mass is 32.1. The number of nitrogens with zero attached hydrogens (tertiary/aromatic N) is 1. The van der Waals surface area contributed by atoms with Gasteiger partial charge in [-0.1, -0.05) is 31.2 Å². The first-order chi connectivity index (χ1) is 8.69. The van der Waals surface area contributed by atoms with E-state index in [1.54, 1.807) is 11.3 Å². The molecule has 0 amide bonds. The third-order valence-corrected chi connectivity index (χ3v) is 4.05. The molecule has 2 aromatic rings. The molecule has 3 heteroatoms. The topological polar surface area (TPSA) is 24.9 Å². The van der Waals surface area contributed by atoms with Crippen molar-refractivity contribution in [1.82, 2.24) is 10.3 Å². The van der Waals surface area contributed by atoms with Crippen LogP contribution in [0.5, 0.6) is 0 Å². The van der Waals surface area contributed by atoms with Gasteiger partial charge in [-0.05, 0) is 31.4 Å². The van der Waals surface area contributed by atoms with Gasteiger partial charge in [-0.3, -0.25) is 0 Å². The number of thiazole rings is 1. The molecular formula is C15H20N2S. The van der Waals surface area contributed by atoms with Crippen molar-refractivity contribution in [1.29, 1.82) is 0 Å². The lowest BCUT2D eigenvalue weighted by atomic mass is 10.1. The lowest BCUT2D eigenvalue weighted by molar-refractivity contribution is 0.578. The van der Waals surface area contributed by atoms with Crippen molar-refractivity contribution in [2.45, 2.75) is 39.8 Å². The van der Waals surface area contributed by atoms with Crippen LogP contribution in [0.1, 0.15) is 40.9 Å². The Labute approximate surface area is 113 Å². The molecule has 0 aliphatic carbocycles. The Morgan fingerprint density at radius 2 is 2.00 bits per heavy atom. The number of rotatable bonds is 5. The SMILES string of the molecule is CCc1ccc(C(C)NCc2cnc(C)s2)cc1. The lowest BCUT2D eigenvalue weighted by Crippen LogP contribution is -2.17. The second-order valence-electron chi connectivity index (χ2n) is 4.54. The van der Waals surface area contributed by atoms with Gasteiger partial charge in [0, 0.05) is 23.7 Å². The van der Waals surface area contributed by atoms with Crippen LogP contribution >= 0.6 is 11.3 Å². The van der Waals surface area contributed by atoms with Crippen molar-refractivity contribution in [3.63, 3.8) is 0 Å². The molecule has 0 bridgehead atoms. The summed E-state index contributed by atoms with van der Waals surface area (Å²) in [6.45, 7) is 7.32. The molecule has 1 heterocycles. The van der Waals surface area contributed by atoms with Gasteiger partial charge in [-0.2, -0.15) is 0 Å². The first kappa shape index (κ1) is 13.2. The van der Waals surface area contributed by atoms with Gasteiger partial charge < -0.3 is 5.32 Å². The number of aryl methyl sites for hydroxylation is 2. The van der Waals surface area contributed by atoms with E-state index in [1.807, 2.05) is 13.1 Å².